The van der Waals surface area contributed by atoms with Gasteiger partial charge in [-0.3, -0.25) is 4.79 Å². The van der Waals surface area contributed by atoms with Crippen LogP contribution >= 0.6 is 23.4 Å². The Morgan fingerprint density at radius 2 is 2.04 bits per heavy atom. The van der Waals surface area contributed by atoms with E-state index in [9.17, 15) is 14.7 Å². The summed E-state index contributed by atoms with van der Waals surface area (Å²) < 4.78 is 5.56. The van der Waals surface area contributed by atoms with E-state index < -0.39 is 17.4 Å². The molecular weight excluding hydrogens is 338 g/mol. The predicted octanol–water partition coefficient (Wildman–Crippen LogP) is 2.58. The summed E-state index contributed by atoms with van der Waals surface area (Å²) in [7, 11) is 0. The lowest BCUT2D eigenvalue weighted by Gasteiger charge is -2.34. The van der Waals surface area contributed by atoms with E-state index in [1.54, 1.807) is 36.0 Å². The smallest absolute Gasteiger partial charge is 0.329 e. The van der Waals surface area contributed by atoms with Gasteiger partial charge in [0.2, 0.25) is 0 Å². The average molecular weight is 354 g/mol. The van der Waals surface area contributed by atoms with Crippen molar-refractivity contribution in [3.8, 4) is 5.75 Å². The molecular formula is C16H16ClNO4S. The van der Waals surface area contributed by atoms with Gasteiger partial charge in [-0.25, -0.2) is 4.79 Å². The predicted molar refractivity (Wildman–Crippen MR) is 90.0 cm³/mol. The summed E-state index contributed by atoms with van der Waals surface area (Å²) in [6, 6.07) is 5.19. The summed E-state index contributed by atoms with van der Waals surface area (Å²) in [6.45, 7) is 0.116. The number of aliphatic carboxylic acids is 1. The molecule has 2 aliphatic rings. The molecule has 1 saturated heterocycles. The van der Waals surface area contributed by atoms with Crippen LogP contribution in [0.1, 0.15) is 18.4 Å². The second-order valence-corrected chi connectivity index (χ2v) is 7.26. The molecule has 3 rings (SSSR count). The number of hydrogen-bond donors (Lipinski definition) is 2. The molecule has 0 saturated carbocycles. The highest BCUT2D eigenvalue weighted by Crippen LogP contribution is 2.31. The Morgan fingerprint density at radius 3 is 2.74 bits per heavy atom. The number of amides is 1. The van der Waals surface area contributed by atoms with E-state index >= 15 is 0 Å². The zero-order valence-electron chi connectivity index (χ0n) is 12.3. The first-order valence-electron chi connectivity index (χ1n) is 7.27. The van der Waals surface area contributed by atoms with Crippen LogP contribution in [0.3, 0.4) is 0 Å². The summed E-state index contributed by atoms with van der Waals surface area (Å²) in [5.41, 5.74) is -0.0614. The van der Waals surface area contributed by atoms with Crippen molar-refractivity contribution in [3.05, 3.63) is 34.4 Å². The van der Waals surface area contributed by atoms with Gasteiger partial charge in [0.25, 0.3) is 5.91 Å². The van der Waals surface area contributed by atoms with Crippen LogP contribution in [-0.2, 0) is 9.59 Å². The van der Waals surface area contributed by atoms with E-state index in [1.807, 2.05) is 0 Å². The van der Waals surface area contributed by atoms with Gasteiger partial charge in [0, 0.05) is 10.6 Å². The quantitative estimate of drug-likeness (QED) is 0.873. The van der Waals surface area contributed by atoms with Crippen LogP contribution < -0.4 is 10.1 Å². The van der Waals surface area contributed by atoms with Gasteiger partial charge < -0.3 is 15.2 Å². The number of thioether (sulfide) groups is 1. The Balaban J connectivity index is 1.82. The summed E-state index contributed by atoms with van der Waals surface area (Å²) in [5, 5.41) is 12.8. The SMILES string of the molecule is O=C(NC1(C(=O)O)CCSCC1)C1=Cc2cc(Cl)ccc2OC1. The molecule has 2 heterocycles. The van der Waals surface area contributed by atoms with Crippen molar-refractivity contribution >= 4 is 41.3 Å². The van der Waals surface area contributed by atoms with Crippen LogP contribution in [0.5, 0.6) is 5.75 Å². The molecule has 1 aromatic carbocycles. The lowest BCUT2D eigenvalue weighted by molar-refractivity contribution is -0.147. The Hall–Kier alpha value is -1.66. The van der Waals surface area contributed by atoms with E-state index in [1.165, 1.54) is 0 Å². The van der Waals surface area contributed by atoms with Crippen molar-refractivity contribution in [2.45, 2.75) is 18.4 Å². The molecule has 0 spiro atoms. The highest BCUT2D eigenvalue weighted by atomic mass is 35.5. The summed E-state index contributed by atoms with van der Waals surface area (Å²) in [5.74, 6) is 0.728. The minimum absolute atomic E-state index is 0.116. The van der Waals surface area contributed by atoms with Gasteiger partial charge in [0.05, 0.1) is 5.57 Å². The monoisotopic (exact) mass is 353 g/mol. The number of carboxylic acid groups (broad SMARTS) is 1. The summed E-state index contributed by atoms with van der Waals surface area (Å²) in [4.78, 5) is 24.2. The third kappa shape index (κ3) is 3.33. The zero-order valence-corrected chi connectivity index (χ0v) is 13.9. The van der Waals surface area contributed by atoms with Gasteiger partial charge >= 0.3 is 5.97 Å². The highest BCUT2D eigenvalue weighted by Gasteiger charge is 2.41. The normalized spacial score (nSPS) is 19.1. The molecule has 2 aliphatic heterocycles. The van der Waals surface area contributed by atoms with Crippen molar-refractivity contribution in [1.82, 2.24) is 5.32 Å². The average Bonchev–Trinajstić information content (AvgIpc) is 2.54. The number of rotatable bonds is 3. The molecule has 23 heavy (non-hydrogen) atoms. The van der Waals surface area contributed by atoms with Gasteiger partial charge in [-0.2, -0.15) is 11.8 Å². The molecule has 5 nitrogen and oxygen atoms in total. The molecule has 1 amide bonds. The molecule has 0 unspecified atom stereocenters. The number of carbonyl (C=O) groups excluding carboxylic acids is 1. The number of benzene rings is 1. The fraction of sp³-hybridized carbons (Fsp3) is 0.375. The number of hydrogen-bond acceptors (Lipinski definition) is 4. The van der Waals surface area contributed by atoms with Crippen LogP contribution in [0.15, 0.2) is 23.8 Å². The fourth-order valence-electron chi connectivity index (χ4n) is 2.69. The Kier molecular flexibility index (Phi) is 4.55. The molecule has 0 aliphatic carbocycles. The molecule has 122 valence electrons. The maximum absolute atomic E-state index is 12.5. The van der Waals surface area contributed by atoms with Gasteiger partial charge in [-0.05, 0) is 48.6 Å². The van der Waals surface area contributed by atoms with Gasteiger partial charge in [-0.15, -0.1) is 0 Å². The van der Waals surface area contributed by atoms with E-state index in [4.69, 9.17) is 16.3 Å². The molecule has 7 heteroatoms. The minimum Gasteiger partial charge on any atom is -0.488 e. The number of nitrogens with one attached hydrogen (secondary N) is 1. The maximum atomic E-state index is 12.5. The molecule has 0 bridgehead atoms. The van der Waals surface area contributed by atoms with E-state index in [0.717, 1.165) is 17.1 Å². The summed E-state index contributed by atoms with van der Waals surface area (Å²) in [6.07, 6.45) is 2.55. The van der Waals surface area contributed by atoms with Crippen molar-refractivity contribution in [3.63, 3.8) is 0 Å². The van der Waals surface area contributed by atoms with Crippen LogP contribution in [0, 0.1) is 0 Å². The van der Waals surface area contributed by atoms with Gasteiger partial charge in [-0.1, -0.05) is 11.6 Å². The van der Waals surface area contributed by atoms with Gasteiger partial charge in [0.1, 0.15) is 17.9 Å². The number of ether oxygens (including phenoxy) is 1. The Morgan fingerprint density at radius 1 is 1.30 bits per heavy atom. The zero-order chi connectivity index (χ0) is 16.4. The molecule has 1 aromatic rings. The number of fused-ring (bicyclic) bond motifs is 1. The molecule has 2 N–H and O–H groups in total. The van der Waals surface area contributed by atoms with Crippen LogP contribution in [0.25, 0.3) is 6.08 Å². The van der Waals surface area contributed by atoms with Gasteiger partial charge in [0.15, 0.2) is 0 Å². The van der Waals surface area contributed by atoms with E-state index in [-0.39, 0.29) is 6.61 Å². The summed E-state index contributed by atoms with van der Waals surface area (Å²) >= 11 is 7.66. The Bertz CT molecular complexity index is 683. The number of carboxylic acids is 1. The molecule has 1 fully saturated rings. The fourth-order valence-corrected chi connectivity index (χ4v) is 4.06. The van der Waals surface area contributed by atoms with Crippen molar-refractivity contribution in [1.29, 1.82) is 0 Å². The van der Waals surface area contributed by atoms with Crippen LogP contribution in [-0.4, -0.2) is 40.6 Å². The molecule has 0 radical (unpaired) electrons. The first-order valence-corrected chi connectivity index (χ1v) is 8.80. The third-order valence-electron chi connectivity index (χ3n) is 4.08. The van der Waals surface area contributed by atoms with Crippen molar-refractivity contribution in [2.24, 2.45) is 0 Å². The second-order valence-electron chi connectivity index (χ2n) is 5.59. The first kappa shape index (κ1) is 16.2. The Labute approximate surface area is 143 Å². The van der Waals surface area contributed by atoms with Crippen molar-refractivity contribution < 1.29 is 19.4 Å². The highest BCUT2D eigenvalue weighted by molar-refractivity contribution is 7.99. The standard InChI is InChI=1S/C16H16ClNO4S/c17-12-1-2-13-10(8-12)7-11(9-22-13)14(19)18-16(15(20)21)3-5-23-6-4-16/h1-2,7-8H,3-6,9H2,(H,18,19)(H,20,21). The minimum atomic E-state index is -1.18. The first-order chi connectivity index (χ1) is 11.0. The maximum Gasteiger partial charge on any atom is 0.329 e. The number of carbonyl (C=O) groups is 2. The molecule has 0 atom stereocenters. The lowest BCUT2D eigenvalue weighted by atomic mass is 9.91. The largest absolute Gasteiger partial charge is 0.488 e. The second kappa shape index (κ2) is 6.45. The van der Waals surface area contributed by atoms with Crippen LogP contribution in [0.2, 0.25) is 5.02 Å². The van der Waals surface area contributed by atoms with E-state index in [0.29, 0.717) is 29.2 Å². The van der Waals surface area contributed by atoms with Crippen molar-refractivity contribution in [2.75, 3.05) is 18.1 Å². The topological polar surface area (TPSA) is 75.6 Å². The third-order valence-corrected chi connectivity index (χ3v) is 5.31. The lowest BCUT2D eigenvalue weighted by Crippen LogP contribution is -2.57. The molecule has 0 aromatic heterocycles. The van der Waals surface area contributed by atoms with Crippen LogP contribution in [0.4, 0.5) is 0 Å². The number of halogens is 1. The van der Waals surface area contributed by atoms with E-state index in [2.05, 4.69) is 5.32 Å².